The summed E-state index contributed by atoms with van der Waals surface area (Å²) in [5, 5.41) is 0. The quantitative estimate of drug-likeness (QED) is 0.828. The van der Waals surface area contributed by atoms with Gasteiger partial charge in [-0.2, -0.15) is 4.31 Å². The molecule has 2 saturated heterocycles. The smallest absolute Gasteiger partial charge is 0.243 e. The minimum Gasteiger partial charge on any atom is -0.376 e. The number of sulfonamides is 1. The van der Waals surface area contributed by atoms with Crippen LogP contribution in [0.15, 0.2) is 35.2 Å². The van der Waals surface area contributed by atoms with Crippen molar-refractivity contribution < 1.29 is 13.2 Å². The van der Waals surface area contributed by atoms with E-state index in [1.165, 1.54) is 0 Å². The molecular weight excluding hydrogens is 288 g/mol. The maximum absolute atomic E-state index is 12.7. The summed E-state index contributed by atoms with van der Waals surface area (Å²) < 4.78 is 32.7. The number of fused-ring (bicyclic) bond motifs is 1. The fourth-order valence-corrected chi connectivity index (χ4v) is 4.87. The summed E-state index contributed by atoms with van der Waals surface area (Å²) in [6.07, 6.45) is 0.0495. The molecule has 3 rings (SSSR count). The molecule has 0 aliphatic carbocycles. The zero-order valence-corrected chi connectivity index (χ0v) is 13.3. The highest BCUT2D eigenvalue weighted by Crippen LogP contribution is 2.36. The predicted octanol–water partition coefficient (Wildman–Crippen LogP) is 0.884. The van der Waals surface area contributed by atoms with Gasteiger partial charge < -0.3 is 9.64 Å². The lowest BCUT2D eigenvalue weighted by atomic mass is 9.93. The number of hydrogen-bond acceptors (Lipinski definition) is 4. The highest BCUT2D eigenvalue weighted by atomic mass is 32.2. The van der Waals surface area contributed by atoms with Crippen LogP contribution in [-0.2, 0) is 14.8 Å². The van der Waals surface area contributed by atoms with Crippen LogP contribution in [0.5, 0.6) is 0 Å². The molecule has 3 atom stereocenters. The topological polar surface area (TPSA) is 49.9 Å². The Morgan fingerprint density at radius 1 is 1.24 bits per heavy atom. The van der Waals surface area contributed by atoms with Gasteiger partial charge in [0.05, 0.1) is 17.6 Å². The zero-order valence-electron chi connectivity index (χ0n) is 12.5. The van der Waals surface area contributed by atoms with Crippen molar-refractivity contribution in [3.8, 4) is 0 Å². The van der Waals surface area contributed by atoms with Gasteiger partial charge >= 0.3 is 0 Å². The van der Waals surface area contributed by atoms with E-state index in [1.807, 2.05) is 20.2 Å². The highest BCUT2D eigenvalue weighted by Gasteiger charge is 2.47. The van der Waals surface area contributed by atoms with E-state index in [1.54, 1.807) is 28.6 Å². The summed E-state index contributed by atoms with van der Waals surface area (Å²) in [6.45, 7) is 2.74. The van der Waals surface area contributed by atoms with Crippen molar-refractivity contribution in [2.24, 2.45) is 11.8 Å². The maximum Gasteiger partial charge on any atom is 0.243 e. The molecule has 2 fully saturated rings. The van der Waals surface area contributed by atoms with Crippen LogP contribution < -0.4 is 0 Å². The Labute approximate surface area is 126 Å². The molecule has 2 aliphatic rings. The fraction of sp³-hybridized carbons (Fsp3) is 0.600. The van der Waals surface area contributed by atoms with Crippen LogP contribution in [-0.4, -0.2) is 64.1 Å². The van der Waals surface area contributed by atoms with Gasteiger partial charge in [-0.05, 0) is 26.2 Å². The van der Waals surface area contributed by atoms with E-state index in [0.717, 1.165) is 13.2 Å². The van der Waals surface area contributed by atoms with E-state index in [0.29, 0.717) is 29.8 Å². The lowest BCUT2D eigenvalue weighted by molar-refractivity contribution is 0.102. The summed E-state index contributed by atoms with van der Waals surface area (Å²) in [7, 11) is 0.692. The Bertz CT molecular complexity index is 588. The molecule has 0 bridgehead atoms. The fourth-order valence-electron chi connectivity index (χ4n) is 3.36. The lowest BCUT2D eigenvalue weighted by Crippen LogP contribution is -2.33. The molecule has 0 radical (unpaired) electrons. The van der Waals surface area contributed by atoms with Crippen LogP contribution in [0.4, 0.5) is 0 Å². The van der Waals surface area contributed by atoms with Crippen LogP contribution in [0.25, 0.3) is 0 Å². The Morgan fingerprint density at radius 2 is 1.95 bits per heavy atom. The van der Waals surface area contributed by atoms with Crippen molar-refractivity contribution in [1.29, 1.82) is 0 Å². The van der Waals surface area contributed by atoms with Gasteiger partial charge in [-0.25, -0.2) is 8.42 Å². The van der Waals surface area contributed by atoms with Gasteiger partial charge in [0.25, 0.3) is 0 Å². The summed E-state index contributed by atoms with van der Waals surface area (Å²) >= 11 is 0. The summed E-state index contributed by atoms with van der Waals surface area (Å²) in [5.41, 5.74) is 0. The molecule has 0 saturated carbocycles. The molecule has 0 unspecified atom stereocenters. The van der Waals surface area contributed by atoms with Crippen molar-refractivity contribution in [3.63, 3.8) is 0 Å². The van der Waals surface area contributed by atoms with Gasteiger partial charge in [0.1, 0.15) is 0 Å². The van der Waals surface area contributed by atoms with Crippen LogP contribution in [0, 0.1) is 11.8 Å². The average molecular weight is 310 g/mol. The van der Waals surface area contributed by atoms with Gasteiger partial charge in [0.2, 0.25) is 10.0 Å². The van der Waals surface area contributed by atoms with E-state index in [-0.39, 0.29) is 6.10 Å². The van der Waals surface area contributed by atoms with E-state index in [9.17, 15) is 8.42 Å². The Hall–Kier alpha value is -0.950. The third-order valence-electron chi connectivity index (χ3n) is 4.39. The van der Waals surface area contributed by atoms with Crippen LogP contribution in [0.2, 0.25) is 0 Å². The number of benzene rings is 1. The van der Waals surface area contributed by atoms with Gasteiger partial charge in [0.15, 0.2) is 0 Å². The van der Waals surface area contributed by atoms with E-state index >= 15 is 0 Å². The Balaban J connectivity index is 1.76. The average Bonchev–Trinajstić information content (AvgIpc) is 3.02. The molecule has 6 heteroatoms. The molecule has 0 N–H and O–H groups in total. The molecule has 0 spiro atoms. The van der Waals surface area contributed by atoms with E-state index < -0.39 is 10.0 Å². The number of rotatable bonds is 4. The monoisotopic (exact) mass is 310 g/mol. The van der Waals surface area contributed by atoms with Crippen molar-refractivity contribution in [1.82, 2.24) is 9.21 Å². The maximum atomic E-state index is 12.7. The van der Waals surface area contributed by atoms with E-state index in [2.05, 4.69) is 4.90 Å². The molecule has 0 amide bonds. The van der Waals surface area contributed by atoms with Gasteiger partial charge in [-0.15, -0.1) is 0 Å². The third-order valence-corrected chi connectivity index (χ3v) is 6.23. The first kappa shape index (κ1) is 15.0. The zero-order chi connectivity index (χ0) is 15.0. The molecule has 0 aromatic heterocycles. The van der Waals surface area contributed by atoms with Gasteiger partial charge in [-0.1, -0.05) is 18.2 Å². The minimum absolute atomic E-state index is 0.0495. The van der Waals surface area contributed by atoms with Crippen LogP contribution >= 0.6 is 0 Å². The standard InChI is InChI=1S/C15H22N2O3S/c1-16(2)8-12-11-20-15-10-17(9-14(12)15)21(18,19)13-6-4-3-5-7-13/h3-7,12,14-15H,8-11H2,1-2H3/t12-,14-,15-/m1/s1. The van der Waals surface area contributed by atoms with Crippen LogP contribution in [0.3, 0.4) is 0 Å². The Morgan fingerprint density at radius 3 is 2.62 bits per heavy atom. The third kappa shape index (κ3) is 2.85. The SMILES string of the molecule is CN(C)C[C@@H]1CO[C@@H]2CN(S(=O)(=O)c3ccccc3)C[C@H]12. The van der Waals surface area contributed by atoms with Crippen molar-refractivity contribution in [2.45, 2.75) is 11.0 Å². The number of ether oxygens (including phenoxy) is 1. The highest BCUT2D eigenvalue weighted by molar-refractivity contribution is 7.89. The normalized spacial score (nSPS) is 30.0. The lowest BCUT2D eigenvalue weighted by Gasteiger charge is -2.22. The second-order valence-electron chi connectivity index (χ2n) is 6.19. The molecule has 1 aromatic carbocycles. The largest absolute Gasteiger partial charge is 0.376 e. The first-order valence-electron chi connectivity index (χ1n) is 7.30. The van der Waals surface area contributed by atoms with Gasteiger partial charge in [-0.3, -0.25) is 0 Å². The predicted molar refractivity (Wildman–Crippen MR) is 80.5 cm³/mol. The molecule has 116 valence electrons. The van der Waals surface area contributed by atoms with Gasteiger partial charge in [0, 0.05) is 31.5 Å². The summed E-state index contributed by atoms with van der Waals surface area (Å²) in [5.74, 6) is 0.729. The second kappa shape index (κ2) is 5.68. The molecule has 1 aromatic rings. The van der Waals surface area contributed by atoms with Crippen molar-refractivity contribution >= 4 is 10.0 Å². The number of nitrogens with zero attached hydrogens (tertiary/aromatic N) is 2. The van der Waals surface area contributed by atoms with Crippen molar-refractivity contribution in [2.75, 3.05) is 40.3 Å². The minimum atomic E-state index is -3.39. The van der Waals surface area contributed by atoms with Crippen LogP contribution in [0.1, 0.15) is 0 Å². The molecule has 2 aliphatic heterocycles. The molecule has 2 heterocycles. The Kier molecular flexibility index (Phi) is 4.05. The second-order valence-corrected chi connectivity index (χ2v) is 8.13. The first-order chi connectivity index (χ1) is 9.98. The summed E-state index contributed by atoms with van der Waals surface area (Å²) in [4.78, 5) is 2.51. The molecule has 5 nitrogen and oxygen atoms in total. The summed E-state index contributed by atoms with van der Waals surface area (Å²) in [6, 6.07) is 8.65. The van der Waals surface area contributed by atoms with Crippen molar-refractivity contribution in [3.05, 3.63) is 30.3 Å². The van der Waals surface area contributed by atoms with E-state index in [4.69, 9.17) is 4.74 Å². The number of hydrogen-bond donors (Lipinski definition) is 0. The first-order valence-corrected chi connectivity index (χ1v) is 8.74. The molecule has 21 heavy (non-hydrogen) atoms. The molecular formula is C15H22N2O3S.